The summed E-state index contributed by atoms with van der Waals surface area (Å²) < 4.78 is 0. The van der Waals surface area contributed by atoms with Gasteiger partial charge in [0, 0.05) is 29.8 Å². The van der Waals surface area contributed by atoms with Crippen molar-refractivity contribution in [1.82, 2.24) is 5.32 Å². The molecular weight excluding hydrogens is 266 g/mol. The average molecular weight is 287 g/mol. The molecule has 2 amide bonds. The maximum atomic E-state index is 12.3. The van der Waals surface area contributed by atoms with Gasteiger partial charge in [0.25, 0.3) is 0 Å². The molecule has 3 rings (SSSR count). The van der Waals surface area contributed by atoms with E-state index in [1.807, 2.05) is 18.2 Å². The highest BCUT2D eigenvalue weighted by molar-refractivity contribution is 5.96. The molecule has 2 unspecified atom stereocenters. The molecule has 0 spiro atoms. The van der Waals surface area contributed by atoms with Crippen LogP contribution in [-0.2, 0) is 16.0 Å². The lowest BCUT2D eigenvalue weighted by molar-refractivity contribution is -0.121. The maximum absolute atomic E-state index is 12.3. The largest absolute Gasteiger partial charge is 0.326 e. The molecule has 112 valence electrons. The van der Waals surface area contributed by atoms with Gasteiger partial charge in [-0.25, -0.2) is 0 Å². The average Bonchev–Trinajstić information content (AvgIpc) is 2.47. The lowest BCUT2D eigenvalue weighted by Crippen LogP contribution is -2.40. The van der Waals surface area contributed by atoms with E-state index in [2.05, 4.69) is 22.9 Å². The SMILES string of the molecule is CC1CC(C(=O)Nc2ccc3c(c2)CCC(=O)N3)CCN1. The Kier molecular flexibility index (Phi) is 3.92. The molecule has 0 aliphatic carbocycles. The van der Waals surface area contributed by atoms with Crippen molar-refractivity contribution in [2.75, 3.05) is 17.2 Å². The van der Waals surface area contributed by atoms with Gasteiger partial charge in [-0.15, -0.1) is 0 Å². The summed E-state index contributed by atoms with van der Waals surface area (Å²) >= 11 is 0. The Labute approximate surface area is 124 Å². The first-order valence-corrected chi connectivity index (χ1v) is 7.59. The first-order valence-electron chi connectivity index (χ1n) is 7.59. The summed E-state index contributed by atoms with van der Waals surface area (Å²) in [5, 5.41) is 9.22. The minimum Gasteiger partial charge on any atom is -0.326 e. The lowest BCUT2D eigenvalue weighted by Gasteiger charge is -2.27. The third-order valence-electron chi connectivity index (χ3n) is 4.26. The van der Waals surface area contributed by atoms with E-state index < -0.39 is 0 Å². The predicted molar refractivity (Wildman–Crippen MR) is 82.2 cm³/mol. The Balaban J connectivity index is 1.67. The number of anilines is 2. The topological polar surface area (TPSA) is 70.2 Å². The second-order valence-corrected chi connectivity index (χ2v) is 5.99. The summed E-state index contributed by atoms with van der Waals surface area (Å²) in [7, 11) is 0. The fraction of sp³-hybridized carbons (Fsp3) is 0.500. The van der Waals surface area contributed by atoms with E-state index in [9.17, 15) is 9.59 Å². The molecule has 0 saturated carbocycles. The van der Waals surface area contributed by atoms with Crippen molar-refractivity contribution in [3.63, 3.8) is 0 Å². The molecule has 0 aromatic heterocycles. The number of amides is 2. The van der Waals surface area contributed by atoms with Crippen molar-refractivity contribution in [3.05, 3.63) is 23.8 Å². The summed E-state index contributed by atoms with van der Waals surface area (Å²) in [5.74, 6) is 0.239. The van der Waals surface area contributed by atoms with Gasteiger partial charge in [-0.05, 0) is 56.5 Å². The second-order valence-electron chi connectivity index (χ2n) is 5.99. The number of carbonyl (C=O) groups excluding carboxylic acids is 2. The molecule has 2 atom stereocenters. The second kappa shape index (κ2) is 5.85. The summed E-state index contributed by atoms with van der Waals surface area (Å²) in [6.45, 7) is 3.01. The fourth-order valence-electron chi connectivity index (χ4n) is 3.08. The molecule has 2 aliphatic heterocycles. The summed E-state index contributed by atoms with van der Waals surface area (Å²) in [6.07, 6.45) is 3.01. The fourth-order valence-corrected chi connectivity index (χ4v) is 3.08. The normalized spacial score (nSPS) is 24.9. The van der Waals surface area contributed by atoms with Gasteiger partial charge in [0.1, 0.15) is 0 Å². The van der Waals surface area contributed by atoms with Gasteiger partial charge in [0.15, 0.2) is 0 Å². The Hall–Kier alpha value is -1.88. The van der Waals surface area contributed by atoms with Crippen LogP contribution in [0.4, 0.5) is 11.4 Å². The van der Waals surface area contributed by atoms with Crippen LogP contribution in [0.15, 0.2) is 18.2 Å². The third kappa shape index (κ3) is 3.24. The van der Waals surface area contributed by atoms with Gasteiger partial charge in [0.05, 0.1) is 0 Å². The maximum Gasteiger partial charge on any atom is 0.227 e. The van der Waals surface area contributed by atoms with Gasteiger partial charge in [0.2, 0.25) is 11.8 Å². The number of aryl methyl sites for hydroxylation is 1. The van der Waals surface area contributed by atoms with Crippen LogP contribution in [0.25, 0.3) is 0 Å². The number of piperidine rings is 1. The van der Waals surface area contributed by atoms with Crippen molar-refractivity contribution in [3.8, 4) is 0 Å². The van der Waals surface area contributed by atoms with Crippen LogP contribution in [0.1, 0.15) is 31.7 Å². The highest BCUT2D eigenvalue weighted by Gasteiger charge is 2.25. The number of nitrogens with one attached hydrogen (secondary N) is 3. The molecular formula is C16H21N3O2. The van der Waals surface area contributed by atoms with Crippen LogP contribution in [0.3, 0.4) is 0 Å². The van der Waals surface area contributed by atoms with Gasteiger partial charge < -0.3 is 16.0 Å². The molecule has 0 radical (unpaired) electrons. The predicted octanol–water partition coefficient (Wildman–Crippen LogP) is 1.90. The van der Waals surface area contributed by atoms with Crippen molar-refractivity contribution in [1.29, 1.82) is 0 Å². The molecule has 21 heavy (non-hydrogen) atoms. The molecule has 3 N–H and O–H groups in total. The van der Waals surface area contributed by atoms with E-state index in [4.69, 9.17) is 0 Å². The molecule has 0 bridgehead atoms. The first kappa shape index (κ1) is 14.1. The van der Waals surface area contributed by atoms with Crippen LogP contribution in [-0.4, -0.2) is 24.4 Å². The highest BCUT2D eigenvalue weighted by atomic mass is 16.2. The van der Waals surface area contributed by atoms with Gasteiger partial charge in [-0.3, -0.25) is 9.59 Å². The van der Waals surface area contributed by atoms with Crippen molar-refractivity contribution in [2.45, 2.75) is 38.6 Å². The summed E-state index contributed by atoms with van der Waals surface area (Å²) in [6, 6.07) is 6.09. The van der Waals surface area contributed by atoms with Crippen LogP contribution in [0.2, 0.25) is 0 Å². The van der Waals surface area contributed by atoms with Crippen LogP contribution in [0.5, 0.6) is 0 Å². The molecule has 1 aromatic rings. The van der Waals surface area contributed by atoms with E-state index in [-0.39, 0.29) is 17.7 Å². The van der Waals surface area contributed by atoms with Crippen molar-refractivity contribution < 1.29 is 9.59 Å². The van der Waals surface area contributed by atoms with E-state index in [0.717, 1.165) is 42.7 Å². The number of hydrogen-bond acceptors (Lipinski definition) is 3. The zero-order chi connectivity index (χ0) is 14.8. The van der Waals surface area contributed by atoms with Crippen molar-refractivity contribution in [2.24, 2.45) is 5.92 Å². The van der Waals surface area contributed by atoms with E-state index >= 15 is 0 Å². The number of fused-ring (bicyclic) bond motifs is 1. The lowest BCUT2D eigenvalue weighted by atomic mass is 9.92. The molecule has 2 aliphatic rings. The molecule has 1 saturated heterocycles. The zero-order valence-electron chi connectivity index (χ0n) is 12.2. The molecule has 2 heterocycles. The number of hydrogen-bond donors (Lipinski definition) is 3. The number of rotatable bonds is 2. The van der Waals surface area contributed by atoms with Gasteiger partial charge in [-0.1, -0.05) is 0 Å². The van der Waals surface area contributed by atoms with Gasteiger partial charge >= 0.3 is 0 Å². The Morgan fingerprint density at radius 2 is 2.19 bits per heavy atom. The number of benzene rings is 1. The molecule has 5 nitrogen and oxygen atoms in total. The monoisotopic (exact) mass is 287 g/mol. The van der Waals surface area contributed by atoms with E-state index in [1.54, 1.807) is 0 Å². The van der Waals surface area contributed by atoms with Crippen LogP contribution < -0.4 is 16.0 Å². The smallest absolute Gasteiger partial charge is 0.227 e. The quantitative estimate of drug-likeness (QED) is 0.778. The van der Waals surface area contributed by atoms with Crippen LogP contribution in [0, 0.1) is 5.92 Å². The Morgan fingerprint density at radius 1 is 1.33 bits per heavy atom. The summed E-state index contributed by atoms with van der Waals surface area (Å²) in [4.78, 5) is 23.7. The highest BCUT2D eigenvalue weighted by Crippen LogP contribution is 2.26. The Bertz CT molecular complexity index is 571. The zero-order valence-corrected chi connectivity index (χ0v) is 12.2. The standard InChI is InChI=1S/C16H21N3O2/c1-10-8-12(6-7-17-10)16(21)18-13-3-4-14-11(9-13)2-5-15(20)19-14/h3-4,9-10,12,17H,2,5-8H2,1H3,(H,18,21)(H,19,20). The van der Waals surface area contributed by atoms with Crippen LogP contribution >= 0.6 is 0 Å². The van der Waals surface area contributed by atoms with E-state index in [1.165, 1.54) is 0 Å². The molecule has 5 heteroatoms. The molecule has 1 fully saturated rings. The van der Waals surface area contributed by atoms with E-state index in [0.29, 0.717) is 12.5 Å². The van der Waals surface area contributed by atoms with Crippen molar-refractivity contribution >= 4 is 23.2 Å². The first-order chi connectivity index (χ1) is 10.1. The third-order valence-corrected chi connectivity index (χ3v) is 4.26. The minimum atomic E-state index is 0.0583. The Morgan fingerprint density at radius 3 is 3.00 bits per heavy atom. The number of carbonyl (C=O) groups is 2. The minimum absolute atomic E-state index is 0.0583. The van der Waals surface area contributed by atoms with Gasteiger partial charge in [-0.2, -0.15) is 0 Å². The molecule has 1 aromatic carbocycles. The summed E-state index contributed by atoms with van der Waals surface area (Å²) in [5.41, 5.74) is 2.77.